The minimum Gasteiger partial charge on any atom is -0.373 e. The van der Waals surface area contributed by atoms with Gasteiger partial charge < -0.3 is 15.4 Å². The molecule has 4 nitrogen and oxygen atoms in total. The van der Waals surface area contributed by atoms with Gasteiger partial charge in [-0.2, -0.15) is 11.3 Å². The number of aliphatic imine (C=N–C) groups is 1. The van der Waals surface area contributed by atoms with Gasteiger partial charge in [0.2, 0.25) is 0 Å². The lowest BCUT2D eigenvalue weighted by molar-refractivity contribution is -0.0265. The van der Waals surface area contributed by atoms with Gasteiger partial charge in [0.1, 0.15) is 0 Å². The molecule has 128 valence electrons. The van der Waals surface area contributed by atoms with Gasteiger partial charge in [0.15, 0.2) is 5.96 Å². The molecule has 0 aliphatic carbocycles. The van der Waals surface area contributed by atoms with E-state index in [4.69, 9.17) is 4.74 Å². The highest BCUT2D eigenvalue weighted by atomic mass is 32.1. The fourth-order valence-corrected chi connectivity index (χ4v) is 3.76. The summed E-state index contributed by atoms with van der Waals surface area (Å²) in [5.41, 5.74) is 2.55. The normalized spacial score (nSPS) is 21.5. The summed E-state index contributed by atoms with van der Waals surface area (Å²) in [5.74, 6) is 1.31. The highest BCUT2D eigenvalue weighted by Gasteiger charge is 2.27. The average Bonchev–Trinajstić information content (AvgIpc) is 3.16. The molecule has 1 aliphatic heterocycles. The maximum Gasteiger partial charge on any atom is 0.191 e. The number of nitrogens with zero attached hydrogens (tertiary/aromatic N) is 1. The molecule has 2 unspecified atom stereocenters. The highest BCUT2D eigenvalue weighted by molar-refractivity contribution is 7.07. The summed E-state index contributed by atoms with van der Waals surface area (Å²) in [7, 11) is 1.81. The van der Waals surface area contributed by atoms with E-state index in [1.807, 2.05) is 7.05 Å². The summed E-state index contributed by atoms with van der Waals surface area (Å²) >= 11 is 1.72. The minimum atomic E-state index is 0.169. The summed E-state index contributed by atoms with van der Waals surface area (Å²) in [6, 6.07) is 12.7. The van der Waals surface area contributed by atoms with Crippen molar-refractivity contribution in [2.45, 2.75) is 25.5 Å². The van der Waals surface area contributed by atoms with Crippen LogP contribution in [-0.2, 0) is 11.3 Å². The van der Waals surface area contributed by atoms with Crippen LogP contribution in [0.4, 0.5) is 0 Å². The lowest BCUT2D eigenvalue weighted by atomic mass is 9.89. The van der Waals surface area contributed by atoms with Crippen LogP contribution in [0.3, 0.4) is 0 Å². The van der Waals surface area contributed by atoms with Crippen molar-refractivity contribution < 1.29 is 4.74 Å². The van der Waals surface area contributed by atoms with Crippen LogP contribution in [0.15, 0.2) is 52.2 Å². The molecule has 2 N–H and O–H groups in total. The first-order valence-electron chi connectivity index (χ1n) is 8.49. The number of ether oxygens (including phenoxy) is 1. The van der Waals surface area contributed by atoms with Gasteiger partial charge in [-0.15, -0.1) is 0 Å². The zero-order valence-electron chi connectivity index (χ0n) is 14.1. The van der Waals surface area contributed by atoms with Gasteiger partial charge in [0, 0.05) is 32.7 Å². The van der Waals surface area contributed by atoms with E-state index in [1.165, 1.54) is 17.5 Å². The van der Waals surface area contributed by atoms with E-state index in [9.17, 15) is 0 Å². The van der Waals surface area contributed by atoms with Crippen molar-refractivity contribution in [2.24, 2.45) is 10.9 Å². The van der Waals surface area contributed by atoms with E-state index in [-0.39, 0.29) is 6.10 Å². The Morgan fingerprint density at radius 1 is 1.25 bits per heavy atom. The van der Waals surface area contributed by atoms with Crippen LogP contribution in [0.25, 0.3) is 0 Å². The number of nitrogens with one attached hydrogen (secondary N) is 2. The first-order chi connectivity index (χ1) is 11.9. The fraction of sp³-hybridized carbons (Fsp3) is 0.421. The van der Waals surface area contributed by atoms with Crippen molar-refractivity contribution in [3.8, 4) is 0 Å². The molecule has 2 aromatic rings. The Hall–Kier alpha value is -1.85. The van der Waals surface area contributed by atoms with E-state index in [2.05, 4.69) is 62.8 Å². The van der Waals surface area contributed by atoms with Crippen molar-refractivity contribution in [1.29, 1.82) is 0 Å². The third-order valence-corrected chi connectivity index (χ3v) is 5.10. The molecule has 5 heteroatoms. The maximum atomic E-state index is 6.06. The summed E-state index contributed by atoms with van der Waals surface area (Å²) in [6.45, 7) is 2.51. The third kappa shape index (κ3) is 4.58. The summed E-state index contributed by atoms with van der Waals surface area (Å²) in [5, 5.41) is 11.1. The molecule has 0 bridgehead atoms. The van der Waals surface area contributed by atoms with Crippen molar-refractivity contribution in [2.75, 3.05) is 20.2 Å². The van der Waals surface area contributed by atoms with Gasteiger partial charge in [-0.25, -0.2) is 0 Å². The van der Waals surface area contributed by atoms with E-state index < -0.39 is 0 Å². The molecule has 1 saturated heterocycles. The van der Waals surface area contributed by atoms with Crippen LogP contribution in [0.2, 0.25) is 0 Å². The highest BCUT2D eigenvalue weighted by Crippen LogP contribution is 2.32. The van der Waals surface area contributed by atoms with E-state index in [0.29, 0.717) is 5.92 Å². The Morgan fingerprint density at radius 2 is 2.12 bits per heavy atom. The van der Waals surface area contributed by atoms with Crippen LogP contribution in [0, 0.1) is 5.92 Å². The molecule has 0 saturated carbocycles. The minimum absolute atomic E-state index is 0.169. The standard InChI is InChI=1S/C19H25N3OS/c1-20-19(21-12-15-9-11-24-14-15)22-13-17-8-5-10-23-18(17)16-6-3-2-4-7-16/h2-4,6-7,9,11,14,17-18H,5,8,10,12-13H2,1H3,(H2,20,21,22). The second kappa shape index (κ2) is 8.85. The van der Waals surface area contributed by atoms with E-state index in [1.54, 1.807) is 11.3 Å². The Morgan fingerprint density at radius 3 is 2.88 bits per heavy atom. The number of rotatable bonds is 5. The molecule has 3 rings (SSSR count). The monoisotopic (exact) mass is 343 g/mol. The predicted molar refractivity (Wildman–Crippen MR) is 100 cm³/mol. The fourth-order valence-electron chi connectivity index (χ4n) is 3.09. The maximum absolute atomic E-state index is 6.06. The van der Waals surface area contributed by atoms with Gasteiger partial charge in [0.05, 0.1) is 6.10 Å². The quantitative estimate of drug-likeness (QED) is 0.644. The molecule has 1 aliphatic rings. The predicted octanol–water partition coefficient (Wildman–Crippen LogP) is 3.58. The van der Waals surface area contributed by atoms with Gasteiger partial charge in [-0.05, 0) is 40.8 Å². The number of thiophene rings is 1. The summed E-state index contributed by atoms with van der Waals surface area (Å²) < 4.78 is 6.06. The Balaban J connectivity index is 1.54. The van der Waals surface area contributed by atoms with Crippen LogP contribution in [-0.4, -0.2) is 26.2 Å². The lowest BCUT2D eigenvalue weighted by Gasteiger charge is -2.32. The molecule has 1 aromatic heterocycles. The number of guanidine groups is 1. The number of hydrogen-bond acceptors (Lipinski definition) is 3. The van der Waals surface area contributed by atoms with E-state index >= 15 is 0 Å². The molecule has 1 fully saturated rings. The van der Waals surface area contributed by atoms with Crippen molar-refractivity contribution in [1.82, 2.24) is 10.6 Å². The SMILES string of the molecule is CN=C(NCc1ccsc1)NCC1CCCOC1c1ccccc1. The largest absolute Gasteiger partial charge is 0.373 e. The Labute approximate surface area is 148 Å². The van der Waals surface area contributed by atoms with Gasteiger partial charge in [-0.1, -0.05) is 30.3 Å². The molecule has 24 heavy (non-hydrogen) atoms. The zero-order valence-corrected chi connectivity index (χ0v) is 14.9. The first-order valence-corrected chi connectivity index (χ1v) is 9.43. The van der Waals surface area contributed by atoms with Gasteiger partial charge in [0.25, 0.3) is 0 Å². The van der Waals surface area contributed by atoms with Crippen LogP contribution in [0.1, 0.15) is 30.1 Å². The Kier molecular flexibility index (Phi) is 6.26. The number of benzene rings is 1. The van der Waals surface area contributed by atoms with Crippen molar-refractivity contribution in [3.05, 3.63) is 58.3 Å². The first kappa shape index (κ1) is 17.0. The van der Waals surface area contributed by atoms with E-state index in [0.717, 1.165) is 32.1 Å². The summed E-state index contributed by atoms with van der Waals surface area (Å²) in [6.07, 6.45) is 2.47. The zero-order chi connectivity index (χ0) is 16.6. The second-order valence-corrected chi connectivity index (χ2v) is 6.82. The summed E-state index contributed by atoms with van der Waals surface area (Å²) in [4.78, 5) is 4.33. The topological polar surface area (TPSA) is 45.7 Å². The molecular weight excluding hydrogens is 318 g/mol. The van der Waals surface area contributed by atoms with Crippen LogP contribution in [0.5, 0.6) is 0 Å². The molecule has 0 radical (unpaired) electrons. The molecule has 2 atom stereocenters. The molecular formula is C19H25N3OS. The van der Waals surface area contributed by atoms with Gasteiger partial charge in [-0.3, -0.25) is 4.99 Å². The second-order valence-electron chi connectivity index (χ2n) is 6.04. The number of hydrogen-bond donors (Lipinski definition) is 2. The molecule has 0 amide bonds. The molecule has 2 heterocycles. The molecule has 0 spiro atoms. The average molecular weight is 343 g/mol. The van der Waals surface area contributed by atoms with Crippen molar-refractivity contribution >= 4 is 17.3 Å². The smallest absolute Gasteiger partial charge is 0.191 e. The molecule has 1 aromatic carbocycles. The van der Waals surface area contributed by atoms with Gasteiger partial charge >= 0.3 is 0 Å². The van der Waals surface area contributed by atoms with Crippen molar-refractivity contribution in [3.63, 3.8) is 0 Å². The van der Waals surface area contributed by atoms with Crippen LogP contribution < -0.4 is 10.6 Å². The van der Waals surface area contributed by atoms with Crippen LogP contribution >= 0.6 is 11.3 Å². The third-order valence-electron chi connectivity index (χ3n) is 4.37. The lowest BCUT2D eigenvalue weighted by Crippen LogP contribution is -2.41. The Bertz CT molecular complexity index is 627.